The molecule has 2 aliphatic rings. The summed E-state index contributed by atoms with van der Waals surface area (Å²) >= 11 is 0. The molecule has 208 valence electrons. The van der Waals surface area contributed by atoms with Gasteiger partial charge in [0.25, 0.3) is 5.91 Å². The molecule has 8 nitrogen and oxygen atoms in total. The van der Waals surface area contributed by atoms with Crippen molar-refractivity contribution >= 4 is 39.7 Å². The summed E-state index contributed by atoms with van der Waals surface area (Å²) in [6, 6.07) is 18.6. The third-order valence-electron chi connectivity index (χ3n) is 8.01. The zero-order valence-electron chi connectivity index (χ0n) is 22.7. The van der Waals surface area contributed by atoms with Crippen molar-refractivity contribution in [3.63, 3.8) is 0 Å². The van der Waals surface area contributed by atoms with Crippen LogP contribution in [0.2, 0.25) is 0 Å². The molecule has 4 aromatic rings. The molecule has 2 saturated heterocycles. The van der Waals surface area contributed by atoms with Gasteiger partial charge in [-0.15, -0.1) is 0 Å². The van der Waals surface area contributed by atoms with Gasteiger partial charge >= 0.3 is 0 Å². The predicted octanol–water partition coefficient (Wildman–Crippen LogP) is 6.10. The molecule has 1 aromatic heterocycles. The maximum atomic E-state index is 14.1. The van der Waals surface area contributed by atoms with Crippen molar-refractivity contribution in [1.29, 1.82) is 0 Å². The Morgan fingerprint density at radius 1 is 1.00 bits per heavy atom. The Hall–Kier alpha value is -3.95. The molecule has 6 rings (SSSR count). The van der Waals surface area contributed by atoms with Crippen molar-refractivity contribution in [2.75, 3.05) is 49.3 Å². The van der Waals surface area contributed by atoms with Gasteiger partial charge in [-0.05, 0) is 99.8 Å². The van der Waals surface area contributed by atoms with Crippen molar-refractivity contribution < 1.29 is 13.9 Å². The van der Waals surface area contributed by atoms with E-state index in [2.05, 4.69) is 50.2 Å². The molecule has 2 aliphatic heterocycles. The second-order valence-corrected chi connectivity index (χ2v) is 10.8. The van der Waals surface area contributed by atoms with E-state index < -0.39 is 0 Å². The number of hydrogen-bond donors (Lipinski definition) is 4. The normalized spacial score (nSPS) is 17.1. The summed E-state index contributed by atoms with van der Waals surface area (Å²) < 4.78 is 19.6. The van der Waals surface area contributed by atoms with E-state index in [-0.39, 0.29) is 17.8 Å². The number of aromatic nitrogens is 2. The molecule has 9 heteroatoms. The fourth-order valence-electron chi connectivity index (χ4n) is 5.62. The van der Waals surface area contributed by atoms with Crippen LogP contribution in [0.5, 0.6) is 0 Å². The Labute approximate surface area is 233 Å². The lowest BCUT2D eigenvalue weighted by Gasteiger charge is -2.30. The second kappa shape index (κ2) is 11.7. The van der Waals surface area contributed by atoms with E-state index in [4.69, 9.17) is 4.74 Å². The molecule has 0 radical (unpaired) electrons. The number of amides is 1. The molecule has 0 spiro atoms. The maximum Gasteiger partial charge on any atom is 0.258 e. The Morgan fingerprint density at radius 2 is 1.80 bits per heavy atom. The van der Waals surface area contributed by atoms with Gasteiger partial charge < -0.3 is 25.6 Å². The number of halogens is 1. The molecule has 0 saturated carbocycles. The van der Waals surface area contributed by atoms with Gasteiger partial charge in [0.1, 0.15) is 5.82 Å². The van der Waals surface area contributed by atoms with Crippen molar-refractivity contribution in [3.8, 4) is 0 Å². The first-order valence-electron chi connectivity index (χ1n) is 14.0. The standard InChI is InChI=1S/C31H35FN6O2/c1-38-14-10-20(11-15-38)21-6-8-25(28(18-21)33-22-12-16-40-17-13-22)31(39)35-30-24-9-7-23(19-29(24)36-37-30)34-27-5-3-2-4-26(27)32/h2-9,18-20,22,33-34H,10-17H2,1H3,(H2,35,36,37,39). The number of piperidine rings is 1. The van der Waals surface area contributed by atoms with E-state index in [0.717, 1.165) is 68.6 Å². The highest BCUT2D eigenvalue weighted by Gasteiger charge is 2.23. The molecule has 3 aromatic carbocycles. The van der Waals surface area contributed by atoms with Crippen LogP contribution < -0.4 is 16.0 Å². The minimum absolute atomic E-state index is 0.216. The average molecular weight is 543 g/mol. The van der Waals surface area contributed by atoms with Gasteiger partial charge in [-0.25, -0.2) is 4.39 Å². The van der Waals surface area contributed by atoms with Gasteiger partial charge in [0.05, 0.1) is 16.8 Å². The first-order valence-corrected chi connectivity index (χ1v) is 14.0. The number of aromatic amines is 1. The number of para-hydroxylation sites is 1. The summed E-state index contributed by atoms with van der Waals surface area (Å²) in [5.41, 5.74) is 4.57. The van der Waals surface area contributed by atoms with Crippen LogP contribution in [0.15, 0.2) is 60.7 Å². The number of carbonyl (C=O) groups is 1. The van der Waals surface area contributed by atoms with Crippen LogP contribution >= 0.6 is 0 Å². The summed E-state index contributed by atoms with van der Waals surface area (Å²) in [5.74, 6) is 0.401. The van der Waals surface area contributed by atoms with Gasteiger partial charge in [0, 0.05) is 36.0 Å². The lowest BCUT2D eigenvalue weighted by molar-refractivity contribution is 0.0904. The number of likely N-dealkylation sites (tertiary alicyclic amines) is 1. The van der Waals surface area contributed by atoms with E-state index in [9.17, 15) is 9.18 Å². The first-order chi connectivity index (χ1) is 19.5. The van der Waals surface area contributed by atoms with E-state index in [1.165, 1.54) is 11.6 Å². The zero-order chi connectivity index (χ0) is 27.5. The fourth-order valence-corrected chi connectivity index (χ4v) is 5.62. The number of H-pyrrole nitrogens is 1. The molecular formula is C31H35FN6O2. The first kappa shape index (κ1) is 26.3. The van der Waals surface area contributed by atoms with E-state index in [1.807, 2.05) is 24.3 Å². The van der Waals surface area contributed by atoms with Crippen molar-refractivity contribution in [1.82, 2.24) is 15.1 Å². The van der Waals surface area contributed by atoms with Gasteiger partial charge in [-0.2, -0.15) is 5.10 Å². The Morgan fingerprint density at radius 3 is 2.60 bits per heavy atom. The quantitative estimate of drug-likeness (QED) is 0.226. The van der Waals surface area contributed by atoms with Crippen LogP contribution in [-0.2, 0) is 4.74 Å². The number of nitrogens with one attached hydrogen (secondary N) is 4. The number of rotatable bonds is 7. The third kappa shape index (κ3) is 5.80. The molecule has 0 unspecified atom stereocenters. The number of carbonyl (C=O) groups excluding carboxylic acids is 1. The maximum absolute atomic E-state index is 14.1. The summed E-state index contributed by atoms with van der Waals surface area (Å²) in [6.45, 7) is 3.61. The van der Waals surface area contributed by atoms with E-state index in [0.29, 0.717) is 28.7 Å². The number of fused-ring (bicyclic) bond motifs is 1. The van der Waals surface area contributed by atoms with Crippen LogP contribution in [0.1, 0.15) is 47.5 Å². The smallest absolute Gasteiger partial charge is 0.258 e. The highest BCUT2D eigenvalue weighted by atomic mass is 19.1. The molecule has 0 aliphatic carbocycles. The van der Waals surface area contributed by atoms with Crippen LogP contribution in [0.4, 0.5) is 27.3 Å². The highest BCUT2D eigenvalue weighted by molar-refractivity contribution is 6.11. The fraction of sp³-hybridized carbons (Fsp3) is 0.355. The number of ether oxygens (including phenoxy) is 1. The van der Waals surface area contributed by atoms with Crippen LogP contribution in [-0.4, -0.2) is 60.4 Å². The monoisotopic (exact) mass is 542 g/mol. The second-order valence-electron chi connectivity index (χ2n) is 10.8. The molecule has 40 heavy (non-hydrogen) atoms. The van der Waals surface area contributed by atoms with Crippen LogP contribution in [0.25, 0.3) is 10.9 Å². The van der Waals surface area contributed by atoms with Crippen LogP contribution in [0.3, 0.4) is 0 Å². The SMILES string of the molecule is CN1CCC(c2ccc(C(=O)Nc3n[nH]c4cc(Nc5ccccc5F)ccc34)c(NC3CCOCC3)c2)CC1. The summed E-state index contributed by atoms with van der Waals surface area (Å²) in [4.78, 5) is 16.0. The predicted molar refractivity (Wildman–Crippen MR) is 157 cm³/mol. The minimum atomic E-state index is -0.327. The molecule has 0 atom stereocenters. The topological polar surface area (TPSA) is 94.3 Å². The molecule has 3 heterocycles. The van der Waals surface area contributed by atoms with Gasteiger partial charge in [-0.1, -0.05) is 18.2 Å². The summed E-state index contributed by atoms with van der Waals surface area (Å²) in [6.07, 6.45) is 4.05. The number of benzene rings is 3. The largest absolute Gasteiger partial charge is 0.381 e. The zero-order valence-corrected chi connectivity index (χ0v) is 22.7. The van der Waals surface area contributed by atoms with Gasteiger partial charge in [-0.3, -0.25) is 9.89 Å². The Kier molecular flexibility index (Phi) is 7.66. The number of anilines is 4. The third-order valence-corrected chi connectivity index (χ3v) is 8.01. The lowest BCUT2D eigenvalue weighted by atomic mass is 9.88. The van der Waals surface area contributed by atoms with Crippen LogP contribution in [0, 0.1) is 5.82 Å². The molecule has 1 amide bonds. The minimum Gasteiger partial charge on any atom is -0.381 e. The Bertz CT molecular complexity index is 1490. The average Bonchev–Trinajstić information content (AvgIpc) is 3.37. The van der Waals surface area contributed by atoms with E-state index in [1.54, 1.807) is 18.2 Å². The van der Waals surface area contributed by atoms with Gasteiger partial charge in [0.2, 0.25) is 0 Å². The highest BCUT2D eigenvalue weighted by Crippen LogP contribution is 2.33. The van der Waals surface area contributed by atoms with Crippen molar-refractivity contribution in [2.24, 2.45) is 0 Å². The number of nitrogens with zero attached hydrogens (tertiary/aromatic N) is 2. The molecule has 2 fully saturated rings. The summed E-state index contributed by atoms with van der Waals surface area (Å²) in [7, 11) is 2.17. The molecule has 4 N–H and O–H groups in total. The summed E-state index contributed by atoms with van der Waals surface area (Å²) in [5, 5.41) is 17.9. The lowest BCUT2D eigenvalue weighted by Crippen LogP contribution is -2.30. The Balaban J connectivity index is 1.23. The van der Waals surface area contributed by atoms with Crippen molar-refractivity contribution in [2.45, 2.75) is 37.6 Å². The van der Waals surface area contributed by atoms with Gasteiger partial charge in [0.15, 0.2) is 5.82 Å². The molecular weight excluding hydrogens is 507 g/mol. The van der Waals surface area contributed by atoms with E-state index >= 15 is 0 Å². The molecule has 0 bridgehead atoms. The van der Waals surface area contributed by atoms with Crippen molar-refractivity contribution in [3.05, 3.63) is 77.6 Å². The number of hydrogen-bond acceptors (Lipinski definition) is 6.